The highest BCUT2D eigenvalue weighted by Gasteiger charge is 2.84. The van der Waals surface area contributed by atoms with Crippen molar-refractivity contribution in [1.29, 1.82) is 0 Å². The standard InChI is InChI=1S/C25H50O4Si2/c1-13-24(27)18(5)21(28-30(11,12)22(6,7)8)25(29-31(14-2,15-3)16-4)20(19(24)17-26)23(25,9)10/h13,18-21,26-27H,1,14-17H2,2-12H3/t18-,19+,20-,21-,24-,25-/m1/s1. The first-order valence-corrected chi connectivity index (χ1v) is 17.8. The van der Waals surface area contributed by atoms with Crippen molar-refractivity contribution in [2.24, 2.45) is 23.2 Å². The van der Waals surface area contributed by atoms with Gasteiger partial charge in [-0.15, -0.1) is 6.58 Å². The van der Waals surface area contributed by atoms with Crippen LogP contribution in [0.15, 0.2) is 12.7 Å². The van der Waals surface area contributed by atoms with Crippen LogP contribution in [0.3, 0.4) is 0 Å². The van der Waals surface area contributed by atoms with Gasteiger partial charge in [0.1, 0.15) is 0 Å². The van der Waals surface area contributed by atoms with Crippen LogP contribution in [0.5, 0.6) is 0 Å². The molecular formula is C25H50O4Si2. The van der Waals surface area contributed by atoms with Crippen LogP contribution in [0.2, 0.25) is 36.3 Å². The lowest BCUT2D eigenvalue weighted by Gasteiger charge is -2.54. The largest absolute Gasteiger partial charge is 0.411 e. The molecule has 6 atom stereocenters. The van der Waals surface area contributed by atoms with Crippen molar-refractivity contribution in [1.82, 2.24) is 0 Å². The predicted octanol–water partition coefficient (Wildman–Crippen LogP) is 5.97. The Labute approximate surface area is 194 Å². The van der Waals surface area contributed by atoms with Crippen LogP contribution < -0.4 is 0 Å². The van der Waals surface area contributed by atoms with E-state index < -0.39 is 27.8 Å². The lowest BCUT2D eigenvalue weighted by molar-refractivity contribution is -0.157. The number of hydrogen-bond donors (Lipinski definition) is 2. The van der Waals surface area contributed by atoms with Gasteiger partial charge < -0.3 is 19.1 Å². The summed E-state index contributed by atoms with van der Waals surface area (Å²) in [6.07, 6.45) is 1.43. The van der Waals surface area contributed by atoms with E-state index in [-0.39, 0.29) is 40.9 Å². The third-order valence-electron chi connectivity index (χ3n) is 9.84. The van der Waals surface area contributed by atoms with Crippen LogP contribution in [0.4, 0.5) is 0 Å². The minimum atomic E-state index is -2.14. The van der Waals surface area contributed by atoms with E-state index in [0.29, 0.717) is 0 Å². The lowest BCUT2D eigenvalue weighted by Crippen LogP contribution is -2.64. The summed E-state index contributed by atoms with van der Waals surface area (Å²) in [4.78, 5) is 0. The molecule has 0 aromatic carbocycles. The van der Waals surface area contributed by atoms with Crippen molar-refractivity contribution in [3.8, 4) is 0 Å². The molecule has 0 aromatic heterocycles. The van der Waals surface area contributed by atoms with Crippen molar-refractivity contribution < 1.29 is 19.1 Å². The highest BCUT2D eigenvalue weighted by atomic mass is 28.4. The van der Waals surface area contributed by atoms with Crippen LogP contribution in [0, 0.1) is 23.2 Å². The molecule has 0 aromatic rings. The van der Waals surface area contributed by atoms with Crippen LogP contribution in [0.1, 0.15) is 62.3 Å². The van der Waals surface area contributed by atoms with Gasteiger partial charge in [0, 0.05) is 29.8 Å². The van der Waals surface area contributed by atoms with Gasteiger partial charge in [0.05, 0.1) is 17.3 Å². The maximum Gasteiger partial charge on any atom is 0.193 e. The second-order valence-corrected chi connectivity index (χ2v) is 21.8. The fraction of sp³-hybridized carbons (Fsp3) is 0.920. The second-order valence-electron chi connectivity index (χ2n) is 12.3. The Morgan fingerprint density at radius 3 is 1.90 bits per heavy atom. The van der Waals surface area contributed by atoms with E-state index in [2.05, 4.69) is 82.0 Å². The molecule has 0 unspecified atom stereocenters. The molecule has 0 bridgehead atoms. The molecule has 2 fully saturated rings. The monoisotopic (exact) mass is 470 g/mol. The number of fused-ring (bicyclic) bond motifs is 1. The molecule has 2 saturated carbocycles. The minimum Gasteiger partial charge on any atom is -0.411 e. The fourth-order valence-corrected chi connectivity index (χ4v) is 10.7. The quantitative estimate of drug-likeness (QED) is 0.322. The summed E-state index contributed by atoms with van der Waals surface area (Å²) in [7, 11) is -4.11. The number of aliphatic hydroxyl groups is 2. The Kier molecular flexibility index (Phi) is 7.34. The average molecular weight is 471 g/mol. The first-order chi connectivity index (χ1) is 14.0. The Balaban J connectivity index is 2.71. The zero-order valence-corrected chi connectivity index (χ0v) is 24.1. The molecule has 31 heavy (non-hydrogen) atoms. The van der Waals surface area contributed by atoms with Crippen molar-refractivity contribution in [3.05, 3.63) is 12.7 Å². The van der Waals surface area contributed by atoms with Gasteiger partial charge >= 0.3 is 0 Å². The van der Waals surface area contributed by atoms with Crippen molar-refractivity contribution in [3.63, 3.8) is 0 Å². The molecule has 0 saturated heterocycles. The molecule has 2 rings (SSSR count). The van der Waals surface area contributed by atoms with Crippen molar-refractivity contribution >= 4 is 16.6 Å². The van der Waals surface area contributed by atoms with Gasteiger partial charge in [0.2, 0.25) is 0 Å². The van der Waals surface area contributed by atoms with Crippen LogP contribution >= 0.6 is 0 Å². The molecule has 2 aliphatic carbocycles. The average Bonchev–Trinajstić information content (AvgIpc) is 3.17. The molecule has 0 radical (unpaired) electrons. The van der Waals surface area contributed by atoms with E-state index in [1.165, 1.54) is 0 Å². The summed E-state index contributed by atoms with van der Waals surface area (Å²) in [6, 6.07) is 3.21. The van der Waals surface area contributed by atoms with E-state index in [1.807, 2.05) is 0 Å². The maximum atomic E-state index is 11.8. The van der Waals surface area contributed by atoms with Gasteiger partial charge in [-0.25, -0.2) is 0 Å². The number of rotatable bonds is 9. The highest BCUT2D eigenvalue weighted by molar-refractivity contribution is 6.74. The summed E-state index contributed by atoms with van der Waals surface area (Å²) in [5, 5.41) is 22.3. The molecule has 6 heteroatoms. The molecule has 182 valence electrons. The first kappa shape index (κ1) is 27.3. The Morgan fingerprint density at radius 1 is 1.06 bits per heavy atom. The maximum absolute atomic E-state index is 11.8. The molecule has 0 heterocycles. The van der Waals surface area contributed by atoms with E-state index >= 15 is 0 Å². The summed E-state index contributed by atoms with van der Waals surface area (Å²) in [6.45, 7) is 28.6. The number of hydrogen-bond acceptors (Lipinski definition) is 4. The van der Waals surface area contributed by atoms with E-state index in [1.54, 1.807) is 6.08 Å². The zero-order chi connectivity index (χ0) is 24.3. The highest BCUT2D eigenvalue weighted by Crippen LogP contribution is 2.76. The molecule has 2 aliphatic rings. The van der Waals surface area contributed by atoms with E-state index in [9.17, 15) is 10.2 Å². The van der Waals surface area contributed by atoms with Crippen LogP contribution in [-0.2, 0) is 8.85 Å². The lowest BCUT2D eigenvalue weighted by atomic mass is 9.67. The summed E-state index contributed by atoms with van der Waals surface area (Å²) >= 11 is 0. The Hall–Kier alpha value is 0.0138. The van der Waals surface area contributed by atoms with E-state index in [4.69, 9.17) is 8.85 Å². The minimum absolute atomic E-state index is 0.0375. The molecule has 0 aliphatic heterocycles. The molecule has 0 amide bonds. The van der Waals surface area contributed by atoms with Crippen molar-refractivity contribution in [2.75, 3.05) is 6.61 Å². The molecular weight excluding hydrogens is 420 g/mol. The molecule has 2 N–H and O–H groups in total. The normalized spacial score (nSPS) is 38.0. The summed E-state index contributed by atoms with van der Waals surface area (Å²) < 4.78 is 14.6. The predicted molar refractivity (Wildman–Crippen MR) is 135 cm³/mol. The van der Waals surface area contributed by atoms with Gasteiger partial charge in [0.15, 0.2) is 16.6 Å². The van der Waals surface area contributed by atoms with Crippen molar-refractivity contribution in [2.45, 2.75) is 116 Å². The van der Waals surface area contributed by atoms with Crippen LogP contribution in [-0.4, -0.2) is 50.8 Å². The summed E-state index contributed by atoms with van der Waals surface area (Å²) in [5.41, 5.74) is -1.84. The molecule has 0 spiro atoms. The summed E-state index contributed by atoms with van der Waals surface area (Å²) in [5.74, 6) is -0.478. The smallest absolute Gasteiger partial charge is 0.193 e. The Morgan fingerprint density at radius 2 is 1.55 bits per heavy atom. The zero-order valence-electron chi connectivity index (χ0n) is 22.1. The van der Waals surface area contributed by atoms with Gasteiger partial charge in [-0.3, -0.25) is 0 Å². The van der Waals surface area contributed by atoms with Gasteiger partial charge in [0.25, 0.3) is 0 Å². The number of aliphatic hydroxyl groups excluding tert-OH is 1. The fourth-order valence-electron chi connectivity index (χ4n) is 6.21. The first-order valence-electron chi connectivity index (χ1n) is 12.4. The molecule has 4 nitrogen and oxygen atoms in total. The third kappa shape index (κ3) is 3.77. The third-order valence-corrected chi connectivity index (χ3v) is 18.9. The van der Waals surface area contributed by atoms with E-state index in [0.717, 1.165) is 18.1 Å². The Bertz CT molecular complexity index is 659. The SMILES string of the molecule is C=C[C@@]1(O)[C@H](C)[C@@H](O[Si](C)(C)C(C)(C)C)[C@]2(O[Si](CC)(CC)CC)[C@H]([C@@H]1CO)C2(C)C. The topological polar surface area (TPSA) is 58.9 Å². The van der Waals surface area contributed by atoms with Gasteiger partial charge in [-0.1, -0.05) is 68.4 Å². The van der Waals surface area contributed by atoms with Gasteiger partial charge in [-0.05, 0) is 36.3 Å². The van der Waals surface area contributed by atoms with Gasteiger partial charge in [-0.2, -0.15) is 0 Å². The van der Waals surface area contributed by atoms with Crippen LogP contribution in [0.25, 0.3) is 0 Å². The second kappa shape index (κ2) is 8.35.